The average Bonchev–Trinajstić information content (AvgIpc) is 2.74. The molecule has 0 unspecified atom stereocenters. The number of pyridine rings is 2. The van der Waals surface area contributed by atoms with Crippen LogP contribution in [-0.4, -0.2) is 52.6 Å². The van der Waals surface area contributed by atoms with Crippen LogP contribution in [0.5, 0.6) is 0 Å². The van der Waals surface area contributed by atoms with Crippen molar-refractivity contribution in [3.05, 3.63) is 41.1 Å². The maximum absolute atomic E-state index is 15.4. The van der Waals surface area contributed by atoms with E-state index >= 15 is 4.39 Å². The lowest BCUT2D eigenvalue weighted by Gasteiger charge is -2.55. The number of fused-ring (bicyclic) bond motifs is 4. The molecule has 5 heterocycles. The zero-order valence-corrected chi connectivity index (χ0v) is 17.9. The fraction of sp³-hybridized carbons (Fsp3) is 0.381. The molecule has 0 radical (unpaired) electrons. The third-order valence-corrected chi connectivity index (χ3v) is 6.59. The highest BCUT2D eigenvalue weighted by molar-refractivity contribution is 6.34. The van der Waals surface area contributed by atoms with E-state index in [1.165, 1.54) is 6.20 Å². The van der Waals surface area contributed by atoms with Gasteiger partial charge < -0.3 is 9.64 Å². The van der Waals surface area contributed by atoms with Crippen LogP contribution >= 0.6 is 11.6 Å². The molecule has 2 saturated heterocycles. The molecule has 0 aliphatic carbocycles. The van der Waals surface area contributed by atoms with Gasteiger partial charge in [0.05, 0.1) is 29.6 Å². The predicted molar refractivity (Wildman–Crippen MR) is 111 cm³/mol. The van der Waals surface area contributed by atoms with Crippen molar-refractivity contribution in [1.29, 1.82) is 0 Å². The molecule has 166 valence electrons. The zero-order chi connectivity index (χ0) is 22.8. The van der Waals surface area contributed by atoms with Gasteiger partial charge in [0.2, 0.25) is 11.8 Å². The molecule has 2 aromatic heterocycles. The molecule has 0 saturated carbocycles. The minimum Gasteiger partial charge on any atom is -0.372 e. The Hall–Kier alpha value is -3.11. The molecule has 2 fully saturated rings. The monoisotopic (exact) mass is 459 g/mol. The number of halogens is 2. The van der Waals surface area contributed by atoms with E-state index in [0.717, 1.165) is 0 Å². The Morgan fingerprint density at radius 3 is 2.62 bits per heavy atom. The van der Waals surface area contributed by atoms with E-state index in [0.29, 0.717) is 11.3 Å². The molecule has 11 heteroatoms. The number of anilines is 1. The number of imide groups is 2. The van der Waals surface area contributed by atoms with Gasteiger partial charge >= 0.3 is 6.03 Å². The summed E-state index contributed by atoms with van der Waals surface area (Å²) >= 11 is 6.53. The third-order valence-electron chi connectivity index (χ3n) is 6.25. The Morgan fingerprint density at radius 2 is 1.97 bits per heavy atom. The number of carbonyl (C=O) groups is 3. The lowest BCUT2D eigenvalue weighted by atomic mass is 9.67. The van der Waals surface area contributed by atoms with Crippen molar-refractivity contribution >= 4 is 35.1 Å². The van der Waals surface area contributed by atoms with Crippen LogP contribution < -0.4 is 15.5 Å². The summed E-state index contributed by atoms with van der Waals surface area (Å²) in [5, 5.41) is 4.25. The first-order valence-corrected chi connectivity index (χ1v) is 10.5. The van der Waals surface area contributed by atoms with Gasteiger partial charge in [0.25, 0.3) is 0 Å². The van der Waals surface area contributed by atoms with Crippen LogP contribution in [-0.2, 0) is 20.7 Å². The molecule has 3 aliphatic heterocycles. The summed E-state index contributed by atoms with van der Waals surface area (Å²) in [6.45, 7) is 3.82. The summed E-state index contributed by atoms with van der Waals surface area (Å²) in [5.41, 5.74) is -0.722. The van der Waals surface area contributed by atoms with Gasteiger partial charge in [-0.1, -0.05) is 11.6 Å². The number of carbonyl (C=O) groups excluding carboxylic acids is 3. The summed E-state index contributed by atoms with van der Waals surface area (Å²) in [6, 6.07) is 1.57. The van der Waals surface area contributed by atoms with Gasteiger partial charge in [-0.05, 0) is 26.0 Å². The second-order valence-corrected chi connectivity index (χ2v) is 8.64. The van der Waals surface area contributed by atoms with Gasteiger partial charge in [-0.2, -0.15) is 0 Å². The molecule has 0 bridgehead atoms. The largest absolute Gasteiger partial charge is 0.372 e. The number of barbiturate groups is 1. The third kappa shape index (κ3) is 2.82. The van der Waals surface area contributed by atoms with Crippen molar-refractivity contribution in [2.45, 2.75) is 38.5 Å². The number of morpholine rings is 1. The topological polar surface area (TPSA) is 114 Å². The number of hydrogen-bond acceptors (Lipinski definition) is 7. The zero-order valence-electron chi connectivity index (χ0n) is 17.2. The molecular formula is C21H19ClFN5O4. The Labute approximate surface area is 187 Å². The standard InChI is InChI=1S/C21H19ClFN5O4/c1-9-8-28-16-12(25-15(14(23)13(16)22)11-4-3-5-24-7-11)6-21(17(28)10(2)32-9)18(29)26-20(31)27-19(21)30/h3-5,7,9-10,17H,6,8H2,1-2H3,(H2,26,27,29,30,31)/t9-,10-,17+/m1/s1. The number of nitrogens with one attached hydrogen (secondary N) is 2. The summed E-state index contributed by atoms with van der Waals surface area (Å²) in [7, 11) is 0. The minimum absolute atomic E-state index is 0.0301. The Bertz CT molecular complexity index is 1140. The van der Waals surface area contributed by atoms with Crippen molar-refractivity contribution in [2.75, 3.05) is 11.4 Å². The molecule has 9 nitrogen and oxygen atoms in total. The summed E-state index contributed by atoms with van der Waals surface area (Å²) in [6.07, 6.45) is 1.95. The Morgan fingerprint density at radius 1 is 1.25 bits per heavy atom. The fourth-order valence-electron chi connectivity index (χ4n) is 5.07. The first-order valence-electron chi connectivity index (χ1n) is 10.1. The maximum Gasteiger partial charge on any atom is 0.328 e. The van der Waals surface area contributed by atoms with Crippen molar-refractivity contribution in [2.24, 2.45) is 5.41 Å². The predicted octanol–water partition coefficient (Wildman–Crippen LogP) is 1.83. The van der Waals surface area contributed by atoms with Gasteiger partial charge in [-0.15, -0.1) is 0 Å². The molecule has 0 aromatic carbocycles. The normalized spacial score (nSPS) is 26.3. The van der Waals surface area contributed by atoms with Gasteiger partial charge in [0.1, 0.15) is 10.7 Å². The van der Waals surface area contributed by atoms with Gasteiger partial charge in [0, 0.05) is 30.9 Å². The van der Waals surface area contributed by atoms with Crippen LogP contribution in [0.2, 0.25) is 5.02 Å². The van der Waals surface area contributed by atoms with E-state index in [1.807, 2.05) is 6.92 Å². The van der Waals surface area contributed by atoms with E-state index in [1.54, 1.807) is 30.2 Å². The van der Waals surface area contributed by atoms with Gasteiger partial charge in [0.15, 0.2) is 11.2 Å². The van der Waals surface area contributed by atoms with E-state index in [2.05, 4.69) is 20.6 Å². The summed E-state index contributed by atoms with van der Waals surface area (Å²) in [4.78, 5) is 48.3. The van der Waals surface area contributed by atoms with Crippen LogP contribution in [0.25, 0.3) is 11.3 Å². The van der Waals surface area contributed by atoms with Crippen LogP contribution in [0.3, 0.4) is 0 Å². The fourth-order valence-corrected chi connectivity index (χ4v) is 5.37. The van der Waals surface area contributed by atoms with E-state index in [9.17, 15) is 14.4 Å². The molecule has 2 N–H and O–H groups in total. The number of nitrogens with zero attached hydrogens (tertiary/aromatic N) is 3. The lowest BCUT2D eigenvalue weighted by Crippen LogP contribution is -2.75. The summed E-state index contributed by atoms with van der Waals surface area (Å²) < 4.78 is 21.3. The highest BCUT2D eigenvalue weighted by atomic mass is 35.5. The highest BCUT2D eigenvalue weighted by Crippen LogP contribution is 2.49. The van der Waals surface area contributed by atoms with Crippen molar-refractivity contribution in [1.82, 2.24) is 20.6 Å². The second kappa shape index (κ2) is 7.21. The van der Waals surface area contributed by atoms with Crippen LogP contribution in [0.4, 0.5) is 14.9 Å². The molecular weight excluding hydrogens is 441 g/mol. The molecule has 32 heavy (non-hydrogen) atoms. The van der Waals surface area contributed by atoms with E-state index in [-0.39, 0.29) is 35.5 Å². The van der Waals surface area contributed by atoms with Crippen molar-refractivity contribution < 1.29 is 23.5 Å². The minimum atomic E-state index is -1.71. The first-order chi connectivity index (χ1) is 15.2. The first kappa shape index (κ1) is 20.8. The SMILES string of the molecule is C[C@@H]1CN2c3c(nc(-c4cccnc4)c(F)c3Cl)CC3(C(=O)NC(=O)NC3=O)[C@@H]2[C@@H](C)O1. The van der Waals surface area contributed by atoms with Crippen LogP contribution in [0, 0.1) is 11.2 Å². The smallest absolute Gasteiger partial charge is 0.328 e. The summed E-state index contributed by atoms with van der Waals surface area (Å²) in [5.74, 6) is -2.21. The molecule has 3 aliphatic rings. The Kier molecular flexibility index (Phi) is 4.68. The van der Waals surface area contributed by atoms with Gasteiger partial charge in [-0.3, -0.25) is 25.2 Å². The quantitative estimate of drug-likeness (QED) is 0.625. The molecule has 3 atom stereocenters. The van der Waals surface area contributed by atoms with Crippen LogP contribution in [0.15, 0.2) is 24.5 Å². The average molecular weight is 460 g/mol. The van der Waals surface area contributed by atoms with E-state index in [4.69, 9.17) is 16.3 Å². The number of urea groups is 1. The molecule has 5 rings (SSSR count). The molecule has 1 spiro atoms. The van der Waals surface area contributed by atoms with E-state index < -0.39 is 41.2 Å². The molecule has 4 amide bonds. The van der Waals surface area contributed by atoms with Gasteiger partial charge in [-0.25, -0.2) is 14.2 Å². The molecule has 2 aromatic rings. The number of hydrogen-bond donors (Lipinski definition) is 2. The number of ether oxygens (including phenoxy) is 1. The number of aromatic nitrogens is 2. The van der Waals surface area contributed by atoms with Crippen molar-refractivity contribution in [3.63, 3.8) is 0 Å². The second-order valence-electron chi connectivity index (χ2n) is 8.26. The highest BCUT2D eigenvalue weighted by Gasteiger charge is 2.63. The van der Waals surface area contributed by atoms with Crippen molar-refractivity contribution in [3.8, 4) is 11.3 Å². The lowest BCUT2D eigenvalue weighted by molar-refractivity contribution is -0.153. The number of rotatable bonds is 1. The number of amides is 4. The maximum atomic E-state index is 15.4. The van der Waals surface area contributed by atoms with Crippen LogP contribution in [0.1, 0.15) is 19.5 Å². The Balaban J connectivity index is 1.76.